The summed E-state index contributed by atoms with van der Waals surface area (Å²) >= 11 is 0. The Hall–Kier alpha value is -2.69. The highest BCUT2D eigenvalue weighted by Crippen LogP contribution is 2.23. The third kappa shape index (κ3) is 4.44. The fourth-order valence-electron chi connectivity index (χ4n) is 3.05. The van der Waals surface area contributed by atoms with Gasteiger partial charge in [0, 0.05) is 6.04 Å². The van der Waals surface area contributed by atoms with Crippen LogP contribution in [0.3, 0.4) is 0 Å². The van der Waals surface area contributed by atoms with Crippen LogP contribution in [0.15, 0.2) is 4.79 Å². The van der Waals surface area contributed by atoms with E-state index in [1.807, 2.05) is 6.07 Å². The third-order valence-corrected chi connectivity index (χ3v) is 4.72. The summed E-state index contributed by atoms with van der Waals surface area (Å²) in [4.78, 5) is 36.2. The highest BCUT2D eigenvalue weighted by Gasteiger charge is 2.23. The Morgan fingerprint density at radius 2 is 2.00 bits per heavy atom. The number of nitrogens with one attached hydrogen (secondary N) is 2. The number of urea groups is 1. The lowest BCUT2D eigenvalue weighted by Gasteiger charge is -2.29. The molecule has 134 valence electrons. The van der Waals surface area contributed by atoms with Crippen molar-refractivity contribution >= 4 is 11.9 Å². The largest absolute Gasteiger partial charge is 0.335 e. The number of amides is 3. The fourth-order valence-corrected chi connectivity index (χ4v) is 3.05. The second kappa shape index (κ2) is 7.92. The van der Waals surface area contributed by atoms with E-state index in [1.165, 1.54) is 0 Å². The molecule has 1 aliphatic rings. The van der Waals surface area contributed by atoms with E-state index in [2.05, 4.69) is 22.7 Å². The lowest BCUT2D eigenvalue weighted by atomic mass is 9.86. The Morgan fingerprint density at radius 3 is 2.64 bits per heavy atom. The van der Waals surface area contributed by atoms with Gasteiger partial charge in [-0.1, -0.05) is 19.8 Å². The predicted octanol–water partition coefficient (Wildman–Crippen LogP) is 1.14. The van der Waals surface area contributed by atoms with Crippen molar-refractivity contribution in [3.63, 3.8) is 0 Å². The Balaban J connectivity index is 2.01. The first-order chi connectivity index (χ1) is 11.8. The number of rotatable bonds is 3. The van der Waals surface area contributed by atoms with E-state index in [-0.39, 0.29) is 11.6 Å². The molecule has 0 aromatic carbocycles. The normalized spacial score (nSPS) is 19.8. The van der Waals surface area contributed by atoms with Crippen LogP contribution in [0.4, 0.5) is 4.79 Å². The molecule has 8 nitrogen and oxygen atoms in total. The molecule has 1 aliphatic carbocycles. The molecule has 0 bridgehead atoms. The summed E-state index contributed by atoms with van der Waals surface area (Å²) in [6, 6.07) is 1.32. The summed E-state index contributed by atoms with van der Waals surface area (Å²) in [5, 5.41) is 18.1. The van der Waals surface area contributed by atoms with Gasteiger partial charge in [-0.3, -0.25) is 14.9 Å². The Bertz CT molecular complexity index is 778. The number of carbonyl (C=O) groups excluding carboxylic acids is 2. The zero-order valence-corrected chi connectivity index (χ0v) is 14.8. The van der Waals surface area contributed by atoms with Crippen molar-refractivity contribution in [3.8, 4) is 6.07 Å². The van der Waals surface area contributed by atoms with E-state index >= 15 is 0 Å². The first kappa shape index (κ1) is 18.6. The molecular formula is C17H23N5O3. The number of aromatic nitrogens is 2. The van der Waals surface area contributed by atoms with E-state index in [0.29, 0.717) is 17.2 Å². The van der Waals surface area contributed by atoms with Crippen molar-refractivity contribution in [1.82, 2.24) is 20.4 Å². The van der Waals surface area contributed by atoms with E-state index in [9.17, 15) is 14.4 Å². The van der Waals surface area contributed by atoms with Crippen LogP contribution in [-0.2, 0) is 11.3 Å². The van der Waals surface area contributed by atoms with Gasteiger partial charge < -0.3 is 5.32 Å². The van der Waals surface area contributed by atoms with E-state index in [1.54, 1.807) is 13.8 Å². The summed E-state index contributed by atoms with van der Waals surface area (Å²) in [6.07, 6.45) is 4.16. The van der Waals surface area contributed by atoms with Gasteiger partial charge in [-0.05, 0) is 38.2 Å². The smallest absolute Gasteiger partial charge is 0.321 e. The topological polar surface area (TPSA) is 117 Å². The third-order valence-electron chi connectivity index (χ3n) is 4.72. The maximum Gasteiger partial charge on any atom is 0.321 e. The Labute approximate surface area is 146 Å². The summed E-state index contributed by atoms with van der Waals surface area (Å²) < 4.78 is 0.909. The van der Waals surface area contributed by atoms with Crippen LogP contribution in [0, 0.1) is 31.1 Å². The first-order valence-electron chi connectivity index (χ1n) is 8.42. The van der Waals surface area contributed by atoms with Crippen molar-refractivity contribution in [1.29, 1.82) is 5.26 Å². The Morgan fingerprint density at radius 1 is 1.32 bits per heavy atom. The van der Waals surface area contributed by atoms with Crippen molar-refractivity contribution in [2.24, 2.45) is 5.92 Å². The van der Waals surface area contributed by atoms with Gasteiger partial charge in [-0.25, -0.2) is 9.48 Å². The van der Waals surface area contributed by atoms with Crippen molar-refractivity contribution < 1.29 is 9.59 Å². The van der Waals surface area contributed by atoms with Crippen LogP contribution >= 0.6 is 0 Å². The van der Waals surface area contributed by atoms with Crippen LogP contribution in [0.2, 0.25) is 0 Å². The minimum absolute atomic E-state index is 0.0409. The molecule has 0 saturated heterocycles. The molecule has 8 heteroatoms. The summed E-state index contributed by atoms with van der Waals surface area (Å²) in [5.74, 6) is -0.278. The molecule has 0 radical (unpaired) electrons. The number of carbonyl (C=O) groups is 2. The van der Waals surface area contributed by atoms with Gasteiger partial charge in [-0.15, -0.1) is 0 Å². The zero-order valence-electron chi connectivity index (χ0n) is 14.8. The van der Waals surface area contributed by atoms with Crippen LogP contribution in [-0.4, -0.2) is 27.8 Å². The van der Waals surface area contributed by atoms with Gasteiger partial charge in [0.1, 0.15) is 18.2 Å². The molecule has 0 unspecified atom stereocenters. The maximum absolute atomic E-state index is 12.2. The number of aryl methyl sites for hydroxylation is 1. The highest BCUT2D eigenvalue weighted by molar-refractivity contribution is 5.94. The van der Waals surface area contributed by atoms with Crippen LogP contribution in [0.1, 0.15) is 49.4 Å². The van der Waals surface area contributed by atoms with Gasteiger partial charge in [0.05, 0.1) is 5.69 Å². The van der Waals surface area contributed by atoms with E-state index in [4.69, 9.17) is 5.26 Å². The summed E-state index contributed by atoms with van der Waals surface area (Å²) in [7, 11) is 0. The van der Waals surface area contributed by atoms with Gasteiger partial charge in [-0.2, -0.15) is 10.4 Å². The van der Waals surface area contributed by atoms with E-state index in [0.717, 1.165) is 30.4 Å². The molecule has 0 spiro atoms. The number of nitriles is 1. The highest BCUT2D eigenvalue weighted by atomic mass is 16.2. The average molecular weight is 345 g/mol. The maximum atomic E-state index is 12.2. The average Bonchev–Trinajstić information content (AvgIpc) is 2.55. The SMILES string of the molecule is Cc1nn(CC(=O)NC(=O)N[C@H]2CCCC[C@@H]2C)c(=O)c(C#N)c1C. The number of imide groups is 1. The lowest BCUT2D eigenvalue weighted by Crippen LogP contribution is -2.49. The minimum Gasteiger partial charge on any atom is -0.335 e. The summed E-state index contributed by atoms with van der Waals surface area (Å²) in [6.45, 7) is 4.95. The molecule has 1 saturated carbocycles. The second-order valence-corrected chi connectivity index (χ2v) is 6.55. The fraction of sp³-hybridized carbons (Fsp3) is 0.588. The predicted molar refractivity (Wildman–Crippen MR) is 90.8 cm³/mol. The molecule has 2 atom stereocenters. The molecule has 1 heterocycles. The molecule has 1 fully saturated rings. The van der Waals surface area contributed by atoms with Gasteiger partial charge in [0.25, 0.3) is 5.56 Å². The molecular weight excluding hydrogens is 322 g/mol. The molecule has 2 N–H and O–H groups in total. The molecule has 2 rings (SSSR count). The number of hydrogen-bond acceptors (Lipinski definition) is 5. The van der Waals surface area contributed by atoms with Crippen LogP contribution in [0.5, 0.6) is 0 Å². The zero-order chi connectivity index (χ0) is 18.6. The van der Waals surface area contributed by atoms with Gasteiger partial charge in [0.15, 0.2) is 0 Å². The van der Waals surface area contributed by atoms with Crippen LogP contribution < -0.4 is 16.2 Å². The molecule has 3 amide bonds. The van der Waals surface area contributed by atoms with Crippen molar-refractivity contribution in [2.45, 2.75) is 59.0 Å². The molecule has 1 aromatic rings. The molecule has 0 aliphatic heterocycles. The molecule has 1 aromatic heterocycles. The molecule has 25 heavy (non-hydrogen) atoms. The van der Waals surface area contributed by atoms with Gasteiger partial charge >= 0.3 is 6.03 Å². The quantitative estimate of drug-likeness (QED) is 0.852. The number of nitrogens with zero attached hydrogens (tertiary/aromatic N) is 3. The first-order valence-corrected chi connectivity index (χ1v) is 8.42. The minimum atomic E-state index is -0.650. The monoisotopic (exact) mass is 345 g/mol. The van der Waals surface area contributed by atoms with Crippen molar-refractivity contribution in [3.05, 3.63) is 27.2 Å². The lowest BCUT2D eigenvalue weighted by molar-refractivity contribution is -0.120. The van der Waals surface area contributed by atoms with Crippen LogP contribution in [0.25, 0.3) is 0 Å². The standard InChI is InChI=1S/C17H23N5O3/c1-10-6-4-5-7-14(10)19-17(25)20-15(23)9-22-16(24)13(8-18)11(2)12(3)21-22/h10,14H,4-7,9H2,1-3H3,(H2,19,20,23,25)/t10-,14-/m0/s1. The van der Waals surface area contributed by atoms with E-state index < -0.39 is 24.0 Å². The summed E-state index contributed by atoms with van der Waals surface area (Å²) in [5.41, 5.74) is 0.306. The second-order valence-electron chi connectivity index (χ2n) is 6.55. The Kier molecular flexibility index (Phi) is 5.91. The number of hydrogen-bond donors (Lipinski definition) is 2. The van der Waals surface area contributed by atoms with Gasteiger partial charge in [0.2, 0.25) is 5.91 Å². The van der Waals surface area contributed by atoms with Crippen molar-refractivity contribution in [2.75, 3.05) is 0 Å².